The molecule has 0 N–H and O–H groups in total. The van der Waals surface area contributed by atoms with Gasteiger partial charge in [0.05, 0.1) is 5.60 Å². The summed E-state index contributed by atoms with van der Waals surface area (Å²) < 4.78 is 15.4. The Morgan fingerprint density at radius 2 is 1.31 bits per heavy atom. The van der Waals surface area contributed by atoms with E-state index in [0.29, 0.717) is 0 Å². The Morgan fingerprint density at radius 1 is 1.00 bits per heavy atom. The molecule has 0 aromatic carbocycles. The topological polar surface area (TPSA) is 27.7 Å². The number of hydrogen-bond donors (Lipinski definition) is 0. The molecule has 0 heterocycles. The van der Waals surface area contributed by atoms with Crippen LogP contribution in [0.2, 0.25) is 0 Å². The zero-order valence-electron chi connectivity index (χ0n) is 10.0. The molecule has 0 fully saturated rings. The van der Waals surface area contributed by atoms with Crippen LogP contribution in [0.4, 0.5) is 0 Å². The first-order valence-electron chi connectivity index (χ1n) is 4.64. The van der Waals surface area contributed by atoms with Crippen molar-refractivity contribution in [3.8, 4) is 0 Å². The first kappa shape index (κ1) is 15.6. The minimum Gasteiger partial charge on any atom is -0.379 e. The highest BCUT2D eigenvalue weighted by atomic mass is 28.3. The van der Waals surface area contributed by atoms with E-state index in [0.717, 1.165) is 0 Å². The fraction of sp³-hybridized carbons (Fsp3) is 1.00. The lowest BCUT2D eigenvalue weighted by atomic mass is 10.2. The van der Waals surface area contributed by atoms with Crippen molar-refractivity contribution in [3.63, 3.8) is 0 Å². The van der Waals surface area contributed by atoms with E-state index >= 15 is 0 Å². The van der Waals surface area contributed by atoms with Gasteiger partial charge in [-0.2, -0.15) is 0 Å². The van der Waals surface area contributed by atoms with E-state index in [1.54, 1.807) is 14.2 Å². The van der Waals surface area contributed by atoms with Gasteiger partial charge in [-0.25, -0.2) is 0 Å². The van der Waals surface area contributed by atoms with Crippen LogP contribution in [0, 0.1) is 0 Å². The van der Waals surface area contributed by atoms with E-state index < -0.39 is 9.53 Å². The van der Waals surface area contributed by atoms with Crippen LogP contribution < -0.4 is 0 Å². The molecule has 0 saturated carbocycles. The molecular weight excluding hydrogens is 184 g/mol. The van der Waals surface area contributed by atoms with E-state index in [9.17, 15) is 0 Å². The van der Waals surface area contributed by atoms with Crippen LogP contribution in [0.1, 0.15) is 41.0 Å². The van der Waals surface area contributed by atoms with Crippen molar-refractivity contribution < 1.29 is 13.3 Å². The lowest BCUT2D eigenvalue weighted by Crippen LogP contribution is -2.34. The summed E-state index contributed by atoms with van der Waals surface area (Å²) in [6, 6.07) is 0. The first-order valence-corrected chi connectivity index (χ1v) is 6.06. The highest BCUT2D eigenvalue weighted by Crippen LogP contribution is 2.08. The van der Waals surface area contributed by atoms with Crippen LogP contribution in [0.3, 0.4) is 0 Å². The maximum absolute atomic E-state index is 5.43. The van der Waals surface area contributed by atoms with Crippen LogP contribution in [0.5, 0.6) is 0 Å². The first-order chi connectivity index (χ1) is 5.91. The lowest BCUT2D eigenvalue weighted by Gasteiger charge is -2.23. The molecule has 0 aliphatic rings. The van der Waals surface area contributed by atoms with Crippen LogP contribution >= 0.6 is 0 Å². The fourth-order valence-electron chi connectivity index (χ4n) is 0.481. The molecule has 0 atom stereocenters. The van der Waals surface area contributed by atoms with Gasteiger partial charge >= 0.3 is 9.53 Å². The summed E-state index contributed by atoms with van der Waals surface area (Å²) in [5.74, 6) is 0. The Kier molecular flexibility index (Phi) is 10.4. The molecule has 82 valence electrons. The predicted octanol–water partition coefficient (Wildman–Crippen LogP) is 2.23. The molecule has 0 spiro atoms. The summed E-state index contributed by atoms with van der Waals surface area (Å²) in [4.78, 5) is 0. The molecule has 0 saturated heterocycles. The summed E-state index contributed by atoms with van der Waals surface area (Å²) >= 11 is 0. The summed E-state index contributed by atoms with van der Waals surface area (Å²) in [6.07, 6.45) is 1.25. The molecule has 3 nitrogen and oxygen atoms in total. The molecule has 0 unspecified atom stereocenters. The third kappa shape index (κ3) is 14.9. The van der Waals surface area contributed by atoms with Gasteiger partial charge in [-0.1, -0.05) is 20.3 Å². The van der Waals surface area contributed by atoms with Crippen molar-refractivity contribution in [3.05, 3.63) is 0 Å². The van der Waals surface area contributed by atoms with Crippen molar-refractivity contribution in [2.24, 2.45) is 0 Å². The van der Waals surface area contributed by atoms with Crippen molar-refractivity contribution in [1.29, 1.82) is 0 Å². The molecule has 0 rings (SSSR count). The normalized spacial score (nSPS) is 11.1. The van der Waals surface area contributed by atoms with Crippen molar-refractivity contribution >= 4 is 9.53 Å². The van der Waals surface area contributed by atoms with Crippen molar-refractivity contribution in [1.82, 2.24) is 0 Å². The Labute approximate surface area is 84.4 Å². The van der Waals surface area contributed by atoms with Gasteiger partial charge < -0.3 is 13.3 Å². The fourth-order valence-corrected chi connectivity index (χ4v) is 1.44. The molecule has 0 aromatic heterocycles. The van der Waals surface area contributed by atoms with Crippen molar-refractivity contribution in [2.45, 2.75) is 46.6 Å². The highest BCUT2D eigenvalue weighted by molar-refractivity contribution is 6.36. The summed E-state index contributed by atoms with van der Waals surface area (Å²) in [5.41, 5.74) is -0.164. The minimum atomic E-state index is -1.82. The van der Waals surface area contributed by atoms with Gasteiger partial charge in [0, 0.05) is 14.2 Å². The van der Waals surface area contributed by atoms with Crippen LogP contribution in [-0.2, 0) is 13.3 Å². The molecule has 0 aliphatic heterocycles. The van der Waals surface area contributed by atoms with Gasteiger partial charge in [0.15, 0.2) is 0 Å². The molecule has 0 radical (unpaired) electrons. The van der Waals surface area contributed by atoms with E-state index in [4.69, 9.17) is 13.3 Å². The molecule has 13 heavy (non-hydrogen) atoms. The molecule has 0 bridgehead atoms. The van der Waals surface area contributed by atoms with Crippen LogP contribution in [0.25, 0.3) is 0 Å². The van der Waals surface area contributed by atoms with Gasteiger partial charge in [0.25, 0.3) is 0 Å². The van der Waals surface area contributed by atoms with E-state index in [1.165, 1.54) is 6.42 Å². The molecular formula is C9H24O3Si. The number of rotatable bonds is 3. The molecule has 0 amide bonds. The Balaban J connectivity index is 0. The molecule has 4 heteroatoms. The Bertz CT molecular complexity index is 97.5. The zero-order valence-corrected chi connectivity index (χ0v) is 11.2. The Hall–Kier alpha value is 0.0969. The standard InChI is InChI=1S/C6H16O3Si.C3H8/c1-6(2,3)9-10(7-4)8-5;1-3-2/h10H,1-5H3;3H2,1-2H3. The van der Waals surface area contributed by atoms with Gasteiger partial charge in [0.2, 0.25) is 0 Å². The predicted molar refractivity (Wildman–Crippen MR) is 58.0 cm³/mol. The second kappa shape index (κ2) is 8.68. The summed E-state index contributed by atoms with van der Waals surface area (Å²) in [7, 11) is 1.39. The SMILES string of the molecule is CCC.CO[SiH](OC)OC(C)(C)C. The molecule has 0 aromatic rings. The van der Waals surface area contributed by atoms with Gasteiger partial charge in [-0.3, -0.25) is 0 Å². The average Bonchev–Trinajstić information content (AvgIpc) is 2.00. The summed E-state index contributed by atoms with van der Waals surface area (Å²) in [5, 5.41) is 0. The summed E-state index contributed by atoms with van der Waals surface area (Å²) in [6.45, 7) is 10.2. The largest absolute Gasteiger partial charge is 0.484 e. The number of hydrogen-bond acceptors (Lipinski definition) is 3. The second-order valence-electron chi connectivity index (χ2n) is 3.70. The quantitative estimate of drug-likeness (QED) is 0.666. The highest BCUT2D eigenvalue weighted by Gasteiger charge is 2.20. The van der Waals surface area contributed by atoms with Gasteiger partial charge in [-0.15, -0.1) is 0 Å². The van der Waals surface area contributed by atoms with E-state index in [1.807, 2.05) is 20.8 Å². The third-order valence-corrected chi connectivity index (χ3v) is 2.50. The molecule has 0 aliphatic carbocycles. The van der Waals surface area contributed by atoms with Crippen molar-refractivity contribution in [2.75, 3.05) is 14.2 Å². The van der Waals surface area contributed by atoms with Gasteiger partial charge in [-0.05, 0) is 20.8 Å². The lowest BCUT2D eigenvalue weighted by molar-refractivity contribution is 0.0430. The van der Waals surface area contributed by atoms with E-state index in [2.05, 4.69) is 13.8 Å². The smallest absolute Gasteiger partial charge is 0.379 e. The van der Waals surface area contributed by atoms with E-state index in [-0.39, 0.29) is 5.60 Å². The van der Waals surface area contributed by atoms with Crippen LogP contribution in [0.15, 0.2) is 0 Å². The maximum Gasteiger partial charge on any atom is 0.484 e. The average molecular weight is 208 g/mol. The zero-order chi connectivity index (χ0) is 10.9. The monoisotopic (exact) mass is 208 g/mol. The second-order valence-corrected chi connectivity index (χ2v) is 5.45. The van der Waals surface area contributed by atoms with Gasteiger partial charge in [0.1, 0.15) is 0 Å². The minimum absolute atomic E-state index is 0.164. The maximum atomic E-state index is 5.43. The van der Waals surface area contributed by atoms with Crippen LogP contribution in [-0.4, -0.2) is 29.3 Å². The third-order valence-electron chi connectivity index (χ3n) is 0.835. The Morgan fingerprint density at radius 3 is 1.38 bits per heavy atom.